The second-order valence-corrected chi connectivity index (χ2v) is 9.82. The van der Waals surface area contributed by atoms with E-state index in [1.807, 2.05) is 48.5 Å². The first kappa shape index (κ1) is 23.3. The highest BCUT2D eigenvalue weighted by Crippen LogP contribution is 2.33. The van der Waals surface area contributed by atoms with E-state index in [0.29, 0.717) is 37.0 Å². The van der Waals surface area contributed by atoms with Gasteiger partial charge in [0.15, 0.2) is 0 Å². The van der Waals surface area contributed by atoms with E-state index in [-0.39, 0.29) is 23.4 Å². The number of hydrogen-bond donors (Lipinski definition) is 1. The number of likely N-dealkylation sites (tertiary alicyclic amines) is 1. The van der Waals surface area contributed by atoms with Crippen LogP contribution in [0.2, 0.25) is 0 Å². The van der Waals surface area contributed by atoms with Crippen LogP contribution < -0.4 is 10.9 Å². The molecule has 1 aliphatic carbocycles. The molecule has 2 aliphatic rings. The summed E-state index contributed by atoms with van der Waals surface area (Å²) in [5, 5.41) is 9.46. The highest BCUT2D eigenvalue weighted by atomic mass is 16.2. The van der Waals surface area contributed by atoms with Crippen LogP contribution in [0.5, 0.6) is 0 Å². The van der Waals surface area contributed by atoms with Gasteiger partial charge in [-0.05, 0) is 31.7 Å². The van der Waals surface area contributed by atoms with Crippen LogP contribution in [0.3, 0.4) is 0 Å². The number of nitrogens with one attached hydrogen (secondary N) is 1. The number of fused-ring (bicyclic) bond motifs is 1. The van der Waals surface area contributed by atoms with Crippen LogP contribution in [0.1, 0.15) is 51.9 Å². The van der Waals surface area contributed by atoms with Crippen LogP contribution in [-0.2, 0) is 15.1 Å². The van der Waals surface area contributed by atoms with E-state index in [1.165, 1.54) is 11.1 Å². The molecule has 1 saturated heterocycles. The molecule has 0 unspecified atom stereocenters. The van der Waals surface area contributed by atoms with E-state index in [2.05, 4.69) is 5.32 Å². The van der Waals surface area contributed by atoms with Gasteiger partial charge in [0.2, 0.25) is 11.8 Å². The van der Waals surface area contributed by atoms with Gasteiger partial charge in [0.1, 0.15) is 5.54 Å². The fourth-order valence-corrected chi connectivity index (χ4v) is 5.58. The minimum atomic E-state index is -1.14. The van der Waals surface area contributed by atoms with Gasteiger partial charge in [-0.3, -0.25) is 14.4 Å². The molecule has 2 heterocycles. The molecule has 7 nitrogen and oxygen atoms in total. The summed E-state index contributed by atoms with van der Waals surface area (Å²) >= 11 is 0. The Morgan fingerprint density at radius 3 is 2.20 bits per heavy atom. The number of carbonyl (C=O) groups is 2. The van der Waals surface area contributed by atoms with Gasteiger partial charge in [-0.2, -0.15) is 5.10 Å². The third-order valence-corrected chi connectivity index (χ3v) is 7.66. The molecule has 3 aromatic rings. The first-order valence-electron chi connectivity index (χ1n) is 12.6. The van der Waals surface area contributed by atoms with Gasteiger partial charge in [0.05, 0.1) is 11.1 Å². The van der Waals surface area contributed by atoms with E-state index in [9.17, 15) is 14.4 Å². The van der Waals surface area contributed by atoms with Crippen LogP contribution in [0.25, 0.3) is 22.0 Å². The third kappa shape index (κ3) is 4.35. The standard InChI is InChI=1S/C28H32N4O3/c1-20(33)31-18-16-28(17-19-31,27(35)29-22-12-6-3-7-13-22)32-26(34)24-15-9-8-14-23(24)25(30-32)21-10-4-2-5-11-21/h2,4-5,8-11,14-15,22H,3,6-7,12-13,16-19H2,1H3,(H,29,35). The minimum absolute atomic E-state index is 0.0184. The Bertz CT molecular complexity index is 1290. The number of nitrogens with zero attached hydrogens (tertiary/aromatic N) is 3. The van der Waals surface area contributed by atoms with Crippen molar-refractivity contribution in [1.82, 2.24) is 20.0 Å². The number of benzene rings is 2. The summed E-state index contributed by atoms with van der Waals surface area (Å²) in [6, 6.07) is 17.3. The topological polar surface area (TPSA) is 84.3 Å². The minimum Gasteiger partial charge on any atom is -0.351 e. The molecular weight excluding hydrogens is 440 g/mol. The van der Waals surface area contributed by atoms with Crippen LogP contribution in [0.15, 0.2) is 59.4 Å². The SMILES string of the molecule is CC(=O)N1CCC(C(=O)NC2CCCCC2)(n2nc(-c3ccccc3)c3ccccc3c2=O)CC1. The number of piperidine rings is 1. The number of amides is 2. The Balaban J connectivity index is 1.66. The second-order valence-electron chi connectivity index (χ2n) is 9.82. The summed E-state index contributed by atoms with van der Waals surface area (Å²) in [6.07, 6.45) is 6.00. The Morgan fingerprint density at radius 1 is 0.914 bits per heavy atom. The quantitative estimate of drug-likeness (QED) is 0.625. The van der Waals surface area contributed by atoms with Crippen molar-refractivity contribution in [2.24, 2.45) is 0 Å². The molecule has 7 heteroatoms. The predicted molar refractivity (Wildman–Crippen MR) is 136 cm³/mol. The van der Waals surface area contributed by atoms with E-state index in [1.54, 1.807) is 17.9 Å². The molecular formula is C28H32N4O3. The van der Waals surface area contributed by atoms with Crippen molar-refractivity contribution in [3.63, 3.8) is 0 Å². The zero-order chi connectivity index (χ0) is 24.4. The summed E-state index contributed by atoms with van der Waals surface area (Å²) in [5.74, 6) is -0.174. The lowest BCUT2D eigenvalue weighted by molar-refractivity contribution is -0.139. The molecule has 2 amide bonds. The molecule has 0 spiro atoms. The van der Waals surface area contributed by atoms with Crippen molar-refractivity contribution in [1.29, 1.82) is 0 Å². The van der Waals surface area contributed by atoms with Crippen LogP contribution >= 0.6 is 0 Å². The number of aromatic nitrogens is 2. The average Bonchev–Trinajstić information content (AvgIpc) is 2.90. The lowest BCUT2D eigenvalue weighted by Gasteiger charge is -2.41. The number of carbonyl (C=O) groups excluding carboxylic acids is 2. The van der Waals surface area contributed by atoms with Crippen molar-refractivity contribution in [3.8, 4) is 11.3 Å². The normalized spacial score (nSPS) is 18.4. The molecule has 0 atom stereocenters. The maximum Gasteiger partial charge on any atom is 0.275 e. The van der Waals surface area contributed by atoms with Crippen molar-refractivity contribution >= 4 is 22.6 Å². The van der Waals surface area contributed by atoms with Crippen LogP contribution in [0, 0.1) is 0 Å². The fourth-order valence-electron chi connectivity index (χ4n) is 5.58. The summed E-state index contributed by atoms with van der Waals surface area (Å²) in [4.78, 5) is 41.7. The fraction of sp³-hybridized carbons (Fsp3) is 0.429. The molecule has 1 aliphatic heterocycles. The smallest absolute Gasteiger partial charge is 0.275 e. The van der Waals surface area contributed by atoms with Gasteiger partial charge in [-0.15, -0.1) is 0 Å². The zero-order valence-corrected chi connectivity index (χ0v) is 20.2. The molecule has 2 aromatic carbocycles. The highest BCUT2D eigenvalue weighted by molar-refractivity contribution is 5.94. The molecule has 1 aromatic heterocycles. The van der Waals surface area contributed by atoms with Gasteiger partial charge < -0.3 is 10.2 Å². The second kappa shape index (κ2) is 9.64. The molecule has 1 saturated carbocycles. The molecule has 35 heavy (non-hydrogen) atoms. The van der Waals surface area contributed by atoms with Crippen molar-refractivity contribution in [2.75, 3.05) is 13.1 Å². The lowest BCUT2D eigenvalue weighted by Crippen LogP contribution is -2.60. The van der Waals surface area contributed by atoms with Crippen molar-refractivity contribution in [2.45, 2.75) is 63.5 Å². The first-order chi connectivity index (χ1) is 17.0. The third-order valence-electron chi connectivity index (χ3n) is 7.66. The first-order valence-corrected chi connectivity index (χ1v) is 12.6. The zero-order valence-electron chi connectivity index (χ0n) is 20.2. The van der Waals surface area contributed by atoms with E-state index in [4.69, 9.17) is 5.10 Å². The van der Waals surface area contributed by atoms with Gasteiger partial charge >= 0.3 is 0 Å². The maximum atomic E-state index is 14.0. The van der Waals surface area contributed by atoms with Gasteiger partial charge in [0, 0.05) is 37.0 Å². The van der Waals surface area contributed by atoms with Crippen molar-refractivity contribution < 1.29 is 9.59 Å². The monoisotopic (exact) mass is 472 g/mol. The van der Waals surface area contributed by atoms with E-state index < -0.39 is 5.54 Å². The Labute approximate surface area is 205 Å². The molecule has 5 rings (SSSR count). The number of hydrogen-bond acceptors (Lipinski definition) is 4. The van der Waals surface area contributed by atoms with Gasteiger partial charge in [0.25, 0.3) is 5.56 Å². The molecule has 1 N–H and O–H groups in total. The van der Waals surface area contributed by atoms with Crippen LogP contribution in [0.4, 0.5) is 0 Å². The average molecular weight is 473 g/mol. The Morgan fingerprint density at radius 2 is 1.54 bits per heavy atom. The lowest BCUT2D eigenvalue weighted by atomic mass is 9.85. The highest BCUT2D eigenvalue weighted by Gasteiger charge is 2.46. The molecule has 182 valence electrons. The summed E-state index contributed by atoms with van der Waals surface area (Å²) in [5.41, 5.74) is 0.157. The summed E-state index contributed by atoms with van der Waals surface area (Å²) in [7, 11) is 0. The largest absolute Gasteiger partial charge is 0.351 e. The van der Waals surface area contributed by atoms with Gasteiger partial charge in [-0.25, -0.2) is 4.68 Å². The molecule has 0 bridgehead atoms. The Hall–Kier alpha value is -3.48. The molecule has 0 radical (unpaired) electrons. The maximum absolute atomic E-state index is 14.0. The van der Waals surface area contributed by atoms with E-state index >= 15 is 0 Å². The predicted octanol–water partition coefficient (Wildman–Crippen LogP) is 3.85. The van der Waals surface area contributed by atoms with E-state index in [0.717, 1.165) is 36.6 Å². The van der Waals surface area contributed by atoms with Gasteiger partial charge in [-0.1, -0.05) is 67.8 Å². The van der Waals surface area contributed by atoms with Crippen LogP contribution in [-0.4, -0.2) is 45.6 Å². The van der Waals surface area contributed by atoms with Crippen molar-refractivity contribution in [3.05, 3.63) is 65.0 Å². The summed E-state index contributed by atoms with van der Waals surface area (Å²) in [6.45, 7) is 2.37. The summed E-state index contributed by atoms with van der Waals surface area (Å²) < 4.78 is 1.44. The number of rotatable bonds is 4. The molecule has 2 fully saturated rings. The Kier molecular flexibility index (Phi) is 6.41.